The Kier molecular flexibility index (Phi) is 8.11. The molecule has 0 heterocycles. The fourth-order valence-electron chi connectivity index (χ4n) is 1.87. The molecule has 122 valence electrons. The van der Waals surface area contributed by atoms with Crippen molar-refractivity contribution in [2.45, 2.75) is 13.0 Å². The molecule has 0 saturated heterocycles. The molecule has 0 radical (unpaired) electrons. The van der Waals surface area contributed by atoms with Gasteiger partial charge in [0.2, 0.25) is 0 Å². The Morgan fingerprint density at radius 3 is 1.77 bits per heavy atom. The van der Waals surface area contributed by atoms with Gasteiger partial charge in [0, 0.05) is 6.54 Å². The van der Waals surface area contributed by atoms with Crippen LogP contribution < -0.4 is 5.32 Å². The van der Waals surface area contributed by atoms with Crippen molar-refractivity contribution in [2.75, 3.05) is 6.54 Å². The summed E-state index contributed by atoms with van der Waals surface area (Å²) in [6.07, 6.45) is 0.706. The van der Waals surface area contributed by atoms with Gasteiger partial charge < -0.3 is 31.2 Å². The van der Waals surface area contributed by atoms with Crippen molar-refractivity contribution in [1.82, 2.24) is 5.32 Å². The molecule has 0 fully saturated rings. The number of hydrogen-bond acceptors (Lipinski definition) is 5. The average Bonchev–Trinajstić information content (AvgIpc) is 2.42. The summed E-state index contributed by atoms with van der Waals surface area (Å²) >= 11 is 0. The van der Waals surface area contributed by atoms with Gasteiger partial charge in [-0.15, -0.1) is 12.4 Å². The van der Waals surface area contributed by atoms with Crippen molar-refractivity contribution < 1.29 is 25.9 Å². The molecule has 7 heteroatoms. The molecule has 6 nitrogen and oxygen atoms in total. The molecular formula is C15H20ClNO5. The summed E-state index contributed by atoms with van der Waals surface area (Å²) in [7, 11) is 0. The lowest BCUT2D eigenvalue weighted by Crippen LogP contribution is -2.16. The fourth-order valence-corrected chi connectivity index (χ4v) is 1.87. The maximum atomic E-state index is 9.37. The first-order chi connectivity index (χ1) is 9.56. The van der Waals surface area contributed by atoms with Crippen LogP contribution in [0.15, 0.2) is 36.4 Å². The SMILES string of the molecule is Cl.O.Oc1ccc(CCNCc2ccc(O)c(O)c2)cc1O. The highest BCUT2D eigenvalue weighted by Crippen LogP contribution is 2.25. The average molecular weight is 330 g/mol. The van der Waals surface area contributed by atoms with Crippen LogP contribution in [0.5, 0.6) is 23.0 Å². The Hall–Kier alpha value is -2.15. The first-order valence-electron chi connectivity index (χ1n) is 6.28. The van der Waals surface area contributed by atoms with Crippen LogP contribution in [0.4, 0.5) is 0 Å². The largest absolute Gasteiger partial charge is 0.504 e. The van der Waals surface area contributed by atoms with E-state index < -0.39 is 0 Å². The van der Waals surface area contributed by atoms with Gasteiger partial charge in [0.1, 0.15) is 0 Å². The summed E-state index contributed by atoms with van der Waals surface area (Å²) in [4.78, 5) is 0. The van der Waals surface area contributed by atoms with Gasteiger partial charge in [-0.1, -0.05) is 12.1 Å². The predicted molar refractivity (Wildman–Crippen MR) is 85.8 cm³/mol. The molecule has 2 aromatic rings. The van der Waals surface area contributed by atoms with Crippen LogP contribution in [0.2, 0.25) is 0 Å². The standard InChI is InChI=1S/C15H17NO4.ClH.H2O/c17-12-3-1-10(7-14(12)19)5-6-16-9-11-2-4-13(18)15(20)8-11;;/h1-4,7-8,16-20H,5-6,9H2;1H;1H2. The minimum Gasteiger partial charge on any atom is -0.504 e. The van der Waals surface area contributed by atoms with Crippen LogP contribution >= 0.6 is 12.4 Å². The minimum atomic E-state index is -0.132. The summed E-state index contributed by atoms with van der Waals surface area (Å²) in [6.45, 7) is 1.25. The Labute approximate surface area is 134 Å². The topological polar surface area (TPSA) is 124 Å². The van der Waals surface area contributed by atoms with E-state index in [0.29, 0.717) is 19.5 Å². The lowest BCUT2D eigenvalue weighted by atomic mass is 10.1. The third-order valence-electron chi connectivity index (χ3n) is 3.00. The Morgan fingerprint density at radius 1 is 0.727 bits per heavy atom. The Morgan fingerprint density at radius 2 is 1.23 bits per heavy atom. The van der Waals surface area contributed by atoms with Crippen LogP contribution in [0.3, 0.4) is 0 Å². The smallest absolute Gasteiger partial charge is 0.157 e. The number of aromatic hydroxyl groups is 4. The van der Waals surface area contributed by atoms with E-state index in [2.05, 4.69) is 5.32 Å². The molecule has 7 N–H and O–H groups in total. The van der Waals surface area contributed by atoms with Crippen molar-refractivity contribution >= 4 is 12.4 Å². The highest BCUT2D eigenvalue weighted by Gasteiger charge is 2.02. The van der Waals surface area contributed by atoms with Gasteiger partial charge in [-0.3, -0.25) is 0 Å². The zero-order chi connectivity index (χ0) is 14.5. The van der Waals surface area contributed by atoms with Gasteiger partial charge in [-0.2, -0.15) is 0 Å². The lowest BCUT2D eigenvalue weighted by Gasteiger charge is -2.07. The molecule has 0 amide bonds. The summed E-state index contributed by atoms with van der Waals surface area (Å²) in [5.74, 6) is -0.506. The van der Waals surface area contributed by atoms with Gasteiger partial charge in [0.25, 0.3) is 0 Å². The Balaban J connectivity index is 0.00000220. The van der Waals surface area contributed by atoms with Gasteiger partial charge in [-0.25, -0.2) is 0 Å². The first kappa shape index (κ1) is 19.9. The van der Waals surface area contributed by atoms with E-state index in [1.54, 1.807) is 12.1 Å². The van der Waals surface area contributed by atoms with E-state index in [0.717, 1.165) is 11.1 Å². The maximum Gasteiger partial charge on any atom is 0.157 e. The minimum absolute atomic E-state index is 0. The highest BCUT2D eigenvalue weighted by atomic mass is 35.5. The molecule has 0 aromatic heterocycles. The molecule has 2 rings (SSSR count). The molecule has 0 aliphatic heterocycles. The third kappa shape index (κ3) is 5.33. The lowest BCUT2D eigenvalue weighted by molar-refractivity contribution is 0.402. The quantitative estimate of drug-likeness (QED) is 0.419. The zero-order valence-corrected chi connectivity index (χ0v) is 12.6. The number of phenolic OH excluding ortho intramolecular Hbond substituents is 4. The van der Waals surface area contributed by atoms with Crippen molar-refractivity contribution in [1.29, 1.82) is 0 Å². The summed E-state index contributed by atoms with van der Waals surface area (Å²) < 4.78 is 0. The normalized spacial score (nSPS) is 9.64. The third-order valence-corrected chi connectivity index (χ3v) is 3.00. The zero-order valence-electron chi connectivity index (χ0n) is 11.8. The van der Waals surface area contributed by atoms with Crippen molar-refractivity contribution in [3.8, 4) is 23.0 Å². The van der Waals surface area contributed by atoms with Crippen LogP contribution in [-0.4, -0.2) is 32.4 Å². The van der Waals surface area contributed by atoms with E-state index in [4.69, 9.17) is 0 Å². The molecule has 0 atom stereocenters. The summed E-state index contributed by atoms with van der Waals surface area (Å²) in [6, 6.07) is 9.43. The second kappa shape index (κ2) is 8.99. The Bertz CT molecular complexity index is 553. The fraction of sp³-hybridized carbons (Fsp3) is 0.200. The van der Waals surface area contributed by atoms with Crippen molar-refractivity contribution in [3.63, 3.8) is 0 Å². The van der Waals surface area contributed by atoms with Crippen molar-refractivity contribution in [2.24, 2.45) is 0 Å². The van der Waals surface area contributed by atoms with E-state index in [1.165, 1.54) is 24.3 Å². The first-order valence-corrected chi connectivity index (χ1v) is 6.28. The van der Waals surface area contributed by atoms with E-state index in [1.807, 2.05) is 0 Å². The summed E-state index contributed by atoms with van der Waals surface area (Å²) in [5.41, 5.74) is 1.79. The maximum absolute atomic E-state index is 9.37. The monoisotopic (exact) mass is 329 g/mol. The number of nitrogens with one attached hydrogen (secondary N) is 1. The van der Waals surface area contributed by atoms with Gasteiger partial charge >= 0.3 is 0 Å². The second-order valence-corrected chi connectivity index (χ2v) is 4.57. The van der Waals surface area contributed by atoms with Gasteiger partial charge in [-0.05, 0) is 48.4 Å². The molecule has 2 aromatic carbocycles. The predicted octanol–water partition coefficient (Wildman–Crippen LogP) is 1.44. The second-order valence-electron chi connectivity index (χ2n) is 4.57. The van der Waals surface area contributed by atoms with Crippen LogP contribution in [-0.2, 0) is 13.0 Å². The van der Waals surface area contributed by atoms with E-state index in [9.17, 15) is 20.4 Å². The number of phenols is 4. The number of halogens is 1. The van der Waals surface area contributed by atoms with Crippen LogP contribution in [0, 0.1) is 0 Å². The number of hydrogen-bond donors (Lipinski definition) is 5. The van der Waals surface area contributed by atoms with Crippen molar-refractivity contribution in [3.05, 3.63) is 47.5 Å². The molecule has 0 aliphatic rings. The molecule has 0 bridgehead atoms. The van der Waals surface area contributed by atoms with Gasteiger partial charge in [0.15, 0.2) is 23.0 Å². The highest BCUT2D eigenvalue weighted by molar-refractivity contribution is 5.85. The van der Waals surface area contributed by atoms with Crippen LogP contribution in [0.1, 0.15) is 11.1 Å². The molecule has 0 spiro atoms. The van der Waals surface area contributed by atoms with Crippen LogP contribution in [0.25, 0.3) is 0 Å². The molecule has 0 saturated carbocycles. The van der Waals surface area contributed by atoms with E-state index >= 15 is 0 Å². The molecule has 0 aliphatic carbocycles. The molecule has 0 unspecified atom stereocenters. The number of benzene rings is 2. The number of rotatable bonds is 5. The summed E-state index contributed by atoms with van der Waals surface area (Å²) in [5, 5.41) is 40.3. The van der Waals surface area contributed by atoms with E-state index in [-0.39, 0.29) is 40.9 Å². The molecule has 22 heavy (non-hydrogen) atoms. The van der Waals surface area contributed by atoms with Gasteiger partial charge in [0.05, 0.1) is 0 Å². The molecular weight excluding hydrogens is 310 g/mol.